The Bertz CT molecular complexity index is 512. The quantitative estimate of drug-likeness (QED) is 0.913. The highest BCUT2D eigenvalue weighted by atomic mass is 32.1. The molecule has 0 bridgehead atoms. The van der Waals surface area contributed by atoms with Gasteiger partial charge in [-0.05, 0) is 23.6 Å². The standard InChI is InChI=1S/C16H22N2S/c1-16(2,3)13-8-6-5-7-12(13)14(17-4)11-15-18-9-10-19-15/h5-10,14,17H,11H2,1-4H3. The number of hydrogen-bond donors (Lipinski definition) is 1. The number of likely N-dealkylation sites (N-methyl/N-ethyl adjacent to an activating group) is 1. The monoisotopic (exact) mass is 274 g/mol. The van der Waals surface area contributed by atoms with Crippen molar-refractivity contribution in [2.75, 3.05) is 7.05 Å². The zero-order valence-electron chi connectivity index (χ0n) is 12.1. The third-order valence-corrected chi connectivity index (χ3v) is 4.16. The summed E-state index contributed by atoms with van der Waals surface area (Å²) in [7, 11) is 2.03. The van der Waals surface area contributed by atoms with Gasteiger partial charge < -0.3 is 5.32 Å². The Kier molecular flexibility index (Phi) is 4.38. The Morgan fingerprint density at radius 1 is 1.26 bits per heavy atom. The number of nitrogens with one attached hydrogen (secondary N) is 1. The molecular weight excluding hydrogens is 252 g/mol. The Hall–Kier alpha value is -1.19. The van der Waals surface area contributed by atoms with Crippen molar-refractivity contribution in [3.8, 4) is 0 Å². The molecule has 1 N–H and O–H groups in total. The van der Waals surface area contributed by atoms with E-state index in [1.807, 2.05) is 18.6 Å². The molecule has 2 nitrogen and oxygen atoms in total. The normalized spacial score (nSPS) is 13.5. The summed E-state index contributed by atoms with van der Waals surface area (Å²) in [6, 6.07) is 9.04. The summed E-state index contributed by atoms with van der Waals surface area (Å²) in [6.45, 7) is 6.80. The zero-order chi connectivity index (χ0) is 13.9. The lowest BCUT2D eigenvalue weighted by Gasteiger charge is -2.27. The summed E-state index contributed by atoms with van der Waals surface area (Å²) < 4.78 is 0. The predicted molar refractivity (Wildman–Crippen MR) is 82.8 cm³/mol. The van der Waals surface area contributed by atoms with Gasteiger partial charge in [0.1, 0.15) is 0 Å². The average Bonchev–Trinajstić information content (AvgIpc) is 2.88. The molecule has 1 heterocycles. The number of thiazole rings is 1. The second-order valence-electron chi connectivity index (χ2n) is 5.81. The molecule has 3 heteroatoms. The van der Waals surface area contributed by atoms with Gasteiger partial charge >= 0.3 is 0 Å². The molecular formula is C16H22N2S. The maximum Gasteiger partial charge on any atom is 0.0943 e. The van der Waals surface area contributed by atoms with Gasteiger partial charge in [0, 0.05) is 24.0 Å². The van der Waals surface area contributed by atoms with E-state index in [1.165, 1.54) is 16.1 Å². The molecule has 1 atom stereocenters. The molecule has 102 valence electrons. The van der Waals surface area contributed by atoms with Crippen LogP contribution in [0.3, 0.4) is 0 Å². The summed E-state index contributed by atoms with van der Waals surface area (Å²) in [5, 5.41) is 6.66. The van der Waals surface area contributed by atoms with Crippen LogP contribution >= 0.6 is 11.3 Å². The van der Waals surface area contributed by atoms with Crippen molar-refractivity contribution < 1.29 is 0 Å². The van der Waals surface area contributed by atoms with Gasteiger partial charge in [-0.25, -0.2) is 4.98 Å². The van der Waals surface area contributed by atoms with E-state index >= 15 is 0 Å². The lowest BCUT2D eigenvalue weighted by molar-refractivity contribution is 0.538. The first-order valence-corrected chi connectivity index (χ1v) is 7.55. The van der Waals surface area contributed by atoms with Gasteiger partial charge in [-0.2, -0.15) is 0 Å². The minimum absolute atomic E-state index is 0.161. The van der Waals surface area contributed by atoms with E-state index in [-0.39, 0.29) is 5.41 Å². The van der Waals surface area contributed by atoms with E-state index in [1.54, 1.807) is 11.3 Å². The molecule has 2 aromatic rings. The zero-order valence-corrected chi connectivity index (χ0v) is 12.9. The van der Waals surface area contributed by atoms with Gasteiger partial charge in [0.15, 0.2) is 0 Å². The van der Waals surface area contributed by atoms with Crippen LogP contribution in [0.1, 0.15) is 42.9 Å². The molecule has 0 spiro atoms. The summed E-state index contributed by atoms with van der Waals surface area (Å²) >= 11 is 1.72. The van der Waals surface area contributed by atoms with E-state index < -0.39 is 0 Å². The summed E-state index contributed by atoms with van der Waals surface area (Å²) in [5.41, 5.74) is 2.95. The second-order valence-corrected chi connectivity index (χ2v) is 6.79. The molecule has 1 aromatic carbocycles. The first kappa shape index (κ1) is 14.2. The molecule has 0 saturated carbocycles. The molecule has 1 aromatic heterocycles. The molecule has 0 radical (unpaired) electrons. The van der Waals surface area contributed by atoms with Crippen molar-refractivity contribution in [2.45, 2.75) is 38.6 Å². The molecule has 0 aliphatic carbocycles. The number of benzene rings is 1. The average molecular weight is 274 g/mol. The fourth-order valence-electron chi connectivity index (χ4n) is 2.38. The van der Waals surface area contributed by atoms with Crippen molar-refractivity contribution in [3.05, 3.63) is 52.0 Å². The Labute approximate surface area is 119 Å². The van der Waals surface area contributed by atoms with Crippen LogP contribution in [0.5, 0.6) is 0 Å². The van der Waals surface area contributed by atoms with Gasteiger partial charge in [0.05, 0.1) is 5.01 Å². The van der Waals surface area contributed by atoms with Crippen LogP contribution in [0.15, 0.2) is 35.8 Å². The Balaban J connectivity index is 2.33. The van der Waals surface area contributed by atoms with Gasteiger partial charge in [-0.1, -0.05) is 45.0 Å². The van der Waals surface area contributed by atoms with Gasteiger partial charge in [-0.3, -0.25) is 0 Å². The Morgan fingerprint density at radius 3 is 2.58 bits per heavy atom. The molecule has 0 saturated heterocycles. The van der Waals surface area contributed by atoms with E-state index in [0.29, 0.717) is 6.04 Å². The van der Waals surface area contributed by atoms with E-state index in [2.05, 4.69) is 55.3 Å². The van der Waals surface area contributed by atoms with Crippen molar-refractivity contribution in [2.24, 2.45) is 0 Å². The fraction of sp³-hybridized carbons (Fsp3) is 0.438. The lowest BCUT2D eigenvalue weighted by atomic mass is 9.81. The van der Waals surface area contributed by atoms with Crippen LogP contribution in [0, 0.1) is 0 Å². The molecule has 0 amide bonds. The molecule has 0 aliphatic heterocycles. The molecule has 19 heavy (non-hydrogen) atoms. The highest BCUT2D eigenvalue weighted by Gasteiger charge is 2.22. The second kappa shape index (κ2) is 5.85. The first-order valence-electron chi connectivity index (χ1n) is 6.67. The SMILES string of the molecule is CNC(Cc1nccs1)c1ccccc1C(C)(C)C. The van der Waals surface area contributed by atoms with E-state index in [0.717, 1.165) is 6.42 Å². The summed E-state index contributed by atoms with van der Waals surface area (Å²) in [6.07, 6.45) is 2.82. The molecule has 0 aliphatic rings. The third-order valence-electron chi connectivity index (χ3n) is 3.35. The smallest absolute Gasteiger partial charge is 0.0943 e. The van der Waals surface area contributed by atoms with Crippen LogP contribution in [-0.4, -0.2) is 12.0 Å². The number of rotatable bonds is 4. The molecule has 0 fully saturated rings. The fourth-order valence-corrected chi connectivity index (χ4v) is 3.04. The van der Waals surface area contributed by atoms with Gasteiger partial charge in [0.25, 0.3) is 0 Å². The van der Waals surface area contributed by atoms with Crippen molar-refractivity contribution in [1.82, 2.24) is 10.3 Å². The van der Waals surface area contributed by atoms with Crippen molar-refractivity contribution in [1.29, 1.82) is 0 Å². The van der Waals surface area contributed by atoms with Gasteiger partial charge in [0.2, 0.25) is 0 Å². The highest BCUT2D eigenvalue weighted by molar-refractivity contribution is 7.09. The minimum atomic E-state index is 0.161. The number of nitrogens with zero attached hydrogens (tertiary/aromatic N) is 1. The van der Waals surface area contributed by atoms with E-state index in [4.69, 9.17) is 0 Å². The summed E-state index contributed by atoms with van der Waals surface area (Å²) in [4.78, 5) is 4.40. The first-order chi connectivity index (χ1) is 9.02. The van der Waals surface area contributed by atoms with Crippen molar-refractivity contribution in [3.63, 3.8) is 0 Å². The van der Waals surface area contributed by atoms with Crippen LogP contribution in [0.25, 0.3) is 0 Å². The third kappa shape index (κ3) is 3.43. The number of aromatic nitrogens is 1. The van der Waals surface area contributed by atoms with Crippen LogP contribution in [0.2, 0.25) is 0 Å². The largest absolute Gasteiger partial charge is 0.313 e. The molecule has 2 rings (SSSR count). The Morgan fingerprint density at radius 2 is 2.00 bits per heavy atom. The maximum atomic E-state index is 4.40. The minimum Gasteiger partial charge on any atom is -0.313 e. The van der Waals surface area contributed by atoms with Crippen LogP contribution < -0.4 is 5.32 Å². The topological polar surface area (TPSA) is 24.9 Å². The van der Waals surface area contributed by atoms with Gasteiger partial charge in [-0.15, -0.1) is 11.3 Å². The van der Waals surface area contributed by atoms with Crippen molar-refractivity contribution >= 4 is 11.3 Å². The predicted octanol–water partition coefficient (Wildman–Crippen LogP) is 3.94. The van der Waals surface area contributed by atoms with Crippen LogP contribution in [-0.2, 0) is 11.8 Å². The van der Waals surface area contributed by atoms with Crippen LogP contribution in [0.4, 0.5) is 0 Å². The molecule has 1 unspecified atom stereocenters. The highest BCUT2D eigenvalue weighted by Crippen LogP contribution is 2.31. The number of hydrogen-bond acceptors (Lipinski definition) is 3. The summed E-state index contributed by atoms with van der Waals surface area (Å²) in [5.74, 6) is 0. The van der Waals surface area contributed by atoms with E-state index in [9.17, 15) is 0 Å². The maximum absolute atomic E-state index is 4.40. The lowest BCUT2D eigenvalue weighted by Crippen LogP contribution is -2.24.